The maximum atomic E-state index is 11.8. The van der Waals surface area contributed by atoms with E-state index in [1.165, 1.54) is 12.8 Å². The number of aromatic nitrogens is 1. The molecular weight excluding hydrogens is 222 g/mol. The third-order valence-corrected chi connectivity index (χ3v) is 3.58. The van der Waals surface area contributed by atoms with Gasteiger partial charge in [-0.05, 0) is 18.8 Å². The van der Waals surface area contributed by atoms with Crippen LogP contribution >= 0.6 is 11.3 Å². The van der Waals surface area contributed by atoms with Crippen molar-refractivity contribution in [1.29, 1.82) is 0 Å². The third-order valence-electron chi connectivity index (χ3n) is 2.95. The first-order valence-electron chi connectivity index (χ1n) is 5.53. The molecule has 1 unspecified atom stereocenters. The van der Waals surface area contributed by atoms with Crippen LogP contribution in [0.25, 0.3) is 0 Å². The molecule has 0 bridgehead atoms. The molecule has 0 saturated heterocycles. The van der Waals surface area contributed by atoms with Crippen LogP contribution in [0, 0.1) is 5.92 Å². The maximum Gasteiger partial charge on any atom is 0.224 e. The highest BCUT2D eigenvalue weighted by Gasteiger charge is 2.30. The largest absolute Gasteiger partial charge is 0.340 e. The monoisotopic (exact) mass is 239 g/mol. The molecule has 1 aliphatic rings. The molecule has 0 aliphatic heterocycles. The second-order valence-electron chi connectivity index (χ2n) is 4.43. The number of thiazole rings is 1. The summed E-state index contributed by atoms with van der Waals surface area (Å²) in [6.07, 6.45) is 2.83. The summed E-state index contributed by atoms with van der Waals surface area (Å²) in [5, 5.41) is 1.96. The Labute approximate surface area is 99.5 Å². The van der Waals surface area contributed by atoms with Crippen molar-refractivity contribution in [1.82, 2.24) is 9.88 Å². The Morgan fingerprint density at radius 1 is 1.75 bits per heavy atom. The van der Waals surface area contributed by atoms with Crippen LogP contribution in [0.3, 0.4) is 0 Å². The SMILES string of the molecule is CN(Cc1cscn1)C(=O)CC(N)C1CC1. The molecule has 2 N–H and O–H groups in total. The maximum absolute atomic E-state index is 11.8. The molecular formula is C11H17N3OS. The van der Waals surface area contributed by atoms with Crippen molar-refractivity contribution in [3.8, 4) is 0 Å². The summed E-state index contributed by atoms with van der Waals surface area (Å²) < 4.78 is 0. The van der Waals surface area contributed by atoms with E-state index in [4.69, 9.17) is 5.73 Å². The quantitative estimate of drug-likeness (QED) is 0.840. The summed E-state index contributed by atoms with van der Waals surface area (Å²) in [5.41, 5.74) is 8.66. The van der Waals surface area contributed by atoms with Crippen LogP contribution in [-0.2, 0) is 11.3 Å². The first-order valence-corrected chi connectivity index (χ1v) is 6.47. The number of nitrogens with zero attached hydrogens (tertiary/aromatic N) is 2. The minimum Gasteiger partial charge on any atom is -0.340 e. The fourth-order valence-corrected chi connectivity index (χ4v) is 2.24. The Morgan fingerprint density at radius 3 is 3.06 bits per heavy atom. The Morgan fingerprint density at radius 2 is 2.50 bits per heavy atom. The number of carbonyl (C=O) groups is 1. The van der Waals surface area contributed by atoms with Crippen molar-refractivity contribution in [2.45, 2.75) is 31.8 Å². The molecule has 1 aromatic heterocycles. The van der Waals surface area contributed by atoms with Gasteiger partial charge in [0.15, 0.2) is 0 Å². The lowest BCUT2D eigenvalue weighted by Gasteiger charge is -2.18. The lowest BCUT2D eigenvalue weighted by molar-refractivity contribution is -0.130. The number of hydrogen-bond acceptors (Lipinski definition) is 4. The van der Waals surface area contributed by atoms with Crippen LogP contribution < -0.4 is 5.73 Å². The zero-order valence-corrected chi connectivity index (χ0v) is 10.2. The van der Waals surface area contributed by atoms with Crippen LogP contribution in [0.2, 0.25) is 0 Å². The van der Waals surface area contributed by atoms with Crippen molar-refractivity contribution in [2.75, 3.05) is 7.05 Å². The molecule has 1 atom stereocenters. The Bertz CT molecular complexity index is 348. The number of nitrogens with two attached hydrogens (primary N) is 1. The second kappa shape index (κ2) is 4.93. The fraction of sp³-hybridized carbons (Fsp3) is 0.636. The van der Waals surface area contributed by atoms with Gasteiger partial charge in [-0.1, -0.05) is 0 Å². The van der Waals surface area contributed by atoms with Crippen molar-refractivity contribution in [2.24, 2.45) is 11.7 Å². The molecule has 5 heteroatoms. The number of hydrogen-bond donors (Lipinski definition) is 1. The summed E-state index contributed by atoms with van der Waals surface area (Å²) >= 11 is 1.55. The van der Waals surface area contributed by atoms with E-state index < -0.39 is 0 Å². The van der Waals surface area contributed by atoms with Crippen molar-refractivity contribution >= 4 is 17.2 Å². The van der Waals surface area contributed by atoms with Crippen LogP contribution in [0.15, 0.2) is 10.9 Å². The van der Waals surface area contributed by atoms with Crippen LogP contribution in [-0.4, -0.2) is 28.9 Å². The molecule has 1 aliphatic carbocycles. The minimum absolute atomic E-state index is 0.0467. The van der Waals surface area contributed by atoms with Gasteiger partial charge in [0.1, 0.15) is 0 Å². The molecule has 16 heavy (non-hydrogen) atoms. The van der Waals surface area contributed by atoms with E-state index in [1.807, 2.05) is 5.38 Å². The zero-order valence-electron chi connectivity index (χ0n) is 9.43. The molecule has 1 saturated carbocycles. The summed E-state index contributed by atoms with van der Waals surface area (Å²) in [6.45, 7) is 0.583. The molecule has 2 rings (SSSR count). The molecule has 1 fully saturated rings. The number of amides is 1. The summed E-state index contributed by atoms with van der Waals surface area (Å²) in [5.74, 6) is 0.698. The first-order chi connectivity index (χ1) is 7.66. The van der Waals surface area contributed by atoms with Gasteiger partial charge in [0, 0.05) is 24.9 Å². The van der Waals surface area contributed by atoms with Crippen LogP contribution in [0.1, 0.15) is 25.0 Å². The molecule has 1 aromatic rings. The van der Waals surface area contributed by atoms with E-state index in [2.05, 4.69) is 4.98 Å². The molecule has 4 nitrogen and oxygen atoms in total. The van der Waals surface area contributed by atoms with Gasteiger partial charge in [-0.2, -0.15) is 0 Å². The van der Waals surface area contributed by atoms with Gasteiger partial charge in [-0.3, -0.25) is 4.79 Å². The van der Waals surface area contributed by atoms with Crippen molar-refractivity contribution in [3.05, 3.63) is 16.6 Å². The normalized spacial score (nSPS) is 17.1. The van der Waals surface area contributed by atoms with Crippen LogP contribution in [0.4, 0.5) is 0 Å². The van der Waals surface area contributed by atoms with E-state index in [1.54, 1.807) is 28.8 Å². The molecule has 0 radical (unpaired) electrons. The molecule has 88 valence electrons. The highest BCUT2D eigenvalue weighted by molar-refractivity contribution is 7.07. The van der Waals surface area contributed by atoms with Crippen molar-refractivity contribution in [3.63, 3.8) is 0 Å². The van der Waals surface area contributed by atoms with E-state index in [0.717, 1.165) is 5.69 Å². The van der Waals surface area contributed by atoms with Gasteiger partial charge >= 0.3 is 0 Å². The second-order valence-corrected chi connectivity index (χ2v) is 5.15. The standard InChI is InChI=1S/C11H17N3OS/c1-14(5-9-6-16-7-13-9)11(15)4-10(12)8-2-3-8/h6-8,10H,2-5,12H2,1H3. The summed E-state index contributed by atoms with van der Waals surface area (Å²) in [6, 6.07) is 0.0467. The topological polar surface area (TPSA) is 59.2 Å². The number of rotatable bonds is 5. The van der Waals surface area contributed by atoms with Crippen molar-refractivity contribution < 1.29 is 4.79 Å². The molecule has 0 spiro atoms. The zero-order chi connectivity index (χ0) is 11.5. The van der Waals surface area contributed by atoms with Gasteiger partial charge in [-0.25, -0.2) is 4.98 Å². The van der Waals surface area contributed by atoms with Gasteiger partial charge < -0.3 is 10.6 Å². The minimum atomic E-state index is 0.0467. The average molecular weight is 239 g/mol. The highest BCUT2D eigenvalue weighted by Crippen LogP contribution is 2.32. The van der Waals surface area contributed by atoms with E-state index in [9.17, 15) is 4.79 Å². The molecule has 0 aromatic carbocycles. The lowest BCUT2D eigenvalue weighted by atomic mass is 10.1. The van der Waals surface area contributed by atoms with E-state index >= 15 is 0 Å². The smallest absolute Gasteiger partial charge is 0.224 e. The van der Waals surface area contributed by atoms with E-state index in [-0.39, 0.29) is 11.9 Å². The first kappa shape index (κ1) is 11.5. The predicted octanol–water partition coefficient (Wildman–Crippen LogP) is 1.23. The summed E-state index contributed by atoms with van der Waals surface area (Å²) in [4.78, 5) is 17.7. The Balaban J connectivity index is 1.79. The Hall–Kier alpha value is -0.940. The molecule has 1 amide bonds. The highest BCUT2D eigenvalue weighted by atomic mass is 32.1. The van der Waals surface area contributed by atoms with Gasteiger partial charge in [0.2, 0.25) is 5.91 Å². The Kier molecular flexibility index (Phi) is 3.56. The molecule has 1 heterocycles. The average Bonchev–Trinajstić information content (AvgIpc) is 2.98. The lowest BCUT2D eigenvalue weighted by Crippen LogP contribution is -2.34. The number of carbonyl (C=O) groups excluding carboxylic acids is 1. The van der Waals surface area contributed by atoms with Gasteiger partial charge in [-0.15, -0.1) is 11.3 Å². The third kappa shape index (κ3) is 3.02. The van der Waals surface area contributed by atoms with Gasteiger partial charge in [0.25, 0.3) is 0 Å². The van der Waals surface area contributed by atoms with Gasteiger partial charge in [0.05, 0.1) is 17.7 Å². The predicted molar refractivity (Wildman–Crippen MR) is 63.9 cm³/mol. The fourth-order valence-electron chi connectivity index (χ4n) is 1.70. The summed E-state index contributed by atoms with van der Waals surface area (Å²) in [7, 11) is 1.81. The van der Waals surface area contributed by atoms with E-state index in [0.29, 0.717) is 18.9 Å². The van der Waals surface area contributed by atoms with Crippen LogP contribution in [0.5, 0.6) is 0 Å².